The van der Waals surface area contributed by atoms with Crippen molar-refractivity contribution in [1.29, 1.82) is 0 Å². The maximum Gasteiger partial charge on any atom is 0.410 e. The zero-order valence-electron chi connectivity index (χ0n) is 19.4. The van der Waals surface area contributed by atoms with Crippen LogP contribution in [0.25, 0.3) is 0 Å². The zero-order valence-corrected chi connectivity index (χ0v) is 21.0. The largest absolute Gasteiger partial charge is 0.444 e. The third-order valence-electron chi connectivity index (χ3n) is 6.19. The molecule has 0 radical (unpaired) electrons. The lowest BCUT2D eigenvalue weighted by molar-refractivity contribution is -0.144. The van der Waals surface area contributed by atoms with Gasteiger partial charge in [0.05, 0.1) is 25.2 Å². The average molecular weight is 515 g/mol. The highest BCUT2D eigenvalue weighted by molar-refractivity contribution is 9.10. The van der Waals surface area contributed by atoms with Gasteiger partial charge in [0.25, 0.3) is 0 Å². The van der Waals surface area contributed by atoms with Crippen molar-refractivity contribution in [2.24, 2.45) is 5.92 Å². The van der Waals surface area contributed by atoms with Crippen molar-refractivity contribution in [2.45, 2.75) is 38.3 Å². The minimum absolute atomic E-state index is 0.0546. The molecule has 7 heteroatoms. The lowest BCUT2D eigenvalue weighted by atomic mass is 9.87. The molecule has 2 heterocycles. The fourth-order valence-electron chi connectivity index (χ4n) is 4.65. The number of hydrogen-bond donors (Lipinski definition) is 0. The van der Waals surface area contributed by atoms with E-state index < -0.39 is 5.60 Å². The van der Waals surface area contributed by atoms with Crippen molar-refractivity contribution in [3.63, 3.8) is 0 Å². The van der Waals surface area contributed by atoms with Crippen molar-refractivity contribution >= 4 is 27.9 Å². The fourth-order valence-corrected chi connectivity index (χ4v) is 5.23. The SMILES string of the molecule is CC(C)(C)OC(=O)N1C[C@@H](C(=O)N2CCOC[C@@H]2c2ccccc2)[C@H](c2ccccc2Br)C1. The second-order valence-electron chi connectivity index (χ2n) is 9.65. The van der Waals surface area contributed by atoms with Crippen LogP contribution in [0.3, 0.4) is 0 Å². The molecule has 33 heavy (non-hydrogen) atoms. The van der Waals surface area contributed by atoms with Crippen LogP contribution in [0.15, 0.2) is 59.1 Å². The summed E-state index contributed by atoms with van der Waals surface area (Å²) in [7, 11) is 0. The van der Waals surface area contributed by atoms with Crippen LogP contribution in [0.2, 0.25) is 0 Å². The standard InChI is InChI=1S/C26H31BrN2O4/c1-26(2,3)33-25(31)28-15-20(19-11-7-8-12-22(19)27)21(16-28)24(30)29-13-14-32-17-23(29)18-9-5-4-6-10-18/h4-12,20-21,23H,13-17H2,1-3H3/t20-,21+,23+/m0/s1. The molecule has 176 valence electrons. The van der Waals surface area contributed by atoms with Crippen molar-refractivity contribution in [2.75, 3.05) is 32.8 Å². The molecule has 3 atom stereocenters. The van der Waals surface area contributed by atoms with E-state index in [1.54, 1.807) is 4.90 Å². The Hall–Kier alpha value is -2.38. The van der Waals surface area contributed by atoms with Crippen LogP contribution in [0.1, 0.15) is 43.9 Å². The third kappa shape index (κ3) is 5.41. The molecule has 4 rings (SSSR count). The Labute approximate surface area is 204 Å². The molecule has 2 fully saturated rings. The number of morpholine rings is 1. The Morgan fingerprint density at radius 1 is 1.03 bits per heavy atom. The van der Waals surface area contributed by atoms with Gasteiger partial charge in [-0.15, -0.1) is 0 Å². The van der Waals surface area contributed by atoms with E-state index in [2.05, 4.69) is 15.9 Å². The summed E-state index contributed by atoms with van der Waals surface area (Å²) in [6.45, 7) is 7.85. The van der Waals surface area contributed by atoms with Gasteiger partial charge in [-0.1, -0.05) is 64.5 Å². The van der Waals surface area contributed by atoms with Gasteiger partial charge in [0.2, 0.25) is 5.91 Å². The fraction of sp³-hybridized carbons (Fsp3) is 0.462. The molecule has 0 bridgehead atoms. The summed E-state index contributed by atoms with van der Waals surface area (Å²) in [5, 5.41) is 0. The van der Waals surface area contributed by atoms with Crippen LogP contribution in [-0.4, -0.2) is 60.2 Å². The molecule has 2 aliphatic heterocycles. The maximum absolute atomic E-state index is 14.0. The molecule has 0 spiro atoms. The summed E-state index contributed by atoms with van der Waals surface area (Å²) in [4.78, 5) is 30.5. The minimum Gasteiger partial charge on any atom is -0.444 e. The first-order valence-electron chi connectivity index (χ1n) is 11.4. The number of amides is 2. The highest BCUT2D eigenvalue weighted by Gasteiger charge is 2.45. The van der Waals surface area contributed by atoms with E-state index in [9.17, 15) is 9.59 Å². The molecular weight excluding hydrogens is 484 g/mol. The summed E-state index contributed by atoms with van der Waals surface area (Å²) in [5.74, 6) is -0.431. The van der Waals surface area contributed by atoms with Crippen LogP contribution >= 0.6 is 15.9 Å². The molecule has 2 aromatic carbocycles. The first kappa shape index (κ1) is 23.8. The lowest BCUT2D eigenvalue weighted by Crippen LogP contribution is -2.47. The number of hydrogen-bond acceptors (Lipinski definition) is 4. The van der Waals surface area contributed by atoms with Crippen molar-refractivity contribution in [3.8, 4) is 0 Å². The molecule has 0 saturated carbocycles. The van der Waals surface area contributed by atoms with E-state index in [1.807, 2.05) is 80.3 Å². The predicted molar refractivity (Wildman–Crippen MR) is 130 cm³/mol. The van der Waals surface area contributed by atoms with Crippen LogP contribution < -0.4 is 0 Å². The zero-order chi connectivity index (χ0) is 23.6. The van der Waals surface area contributed by atoms with Crippen LogP contribution in [-0.2, 0) is 14.3 Å². The second-order valence-corrected chi connectivity index (χ2v) is 10.5. The number of likely N-dealkylation sites (tertiary alicyclic amines) is 1. The number of carbonyl (C=O) groups is 2. The monoisotopic (exact) mass is 514 g/mol. The molecule has 2 amide bonds. The van der Waals surface area contributed by atoms with Crippen LogP contribution in [0, 0.1) is 5.92 Å². The highest BCUT2D eigenvalue weighted by atomic mass is 79.9. The van der Waals surface area contributed by atoms with Gasteiger partial charge >= 0.3 is 6.09 Å². The summed E-state index contributed by atoms with van der Waals surface area (Å²) in [6, 6.07) is 17.8. The Morgan fingerprint density at radius 2 is 1.73 bits per heavy atom. The van der Waals surface area contributed by atoms with E-state index in [4.69, 9.17) is 9.47 Å². The van der Waals surface area contributed by atoms with Gasteiger partial charge in [-0.3, -0.25) is 4.79 Å². The highest BCUT2D eigenvalue weighted by Crippen LogP contribution is 2.39. The Balaban J connectivity index is 1.64. The normalized spacial score (nSPS) is 23.5. The van der Waals surface area contributed by atoms with Crippen molar-refractivity contribution in [1.82, 2.24) is 9.80 Å². The number of carbonyl (C=O) groups excluding carboxylic acids is 2. The minimum atomic E-state index is -0.593. The van der Waals surface area contributed by atoms with E-state index >= 15 is 0 Å². The molecule has 0 aliphatic carbocycles. The smallest absolute Gasteiger partial charge is 0.410 e. The van der Waals surface area contributed by atoms with Gasteiger partial charge in [0.15, 0.2) is 0 Å². The molecule has 2 saturated heterocycles. The second kappa shape index (κ2) is 9.85. The molecule has 2 aliphatic rings. The number of ether oxygens (including phenoxy) is 2. The van der Waals surface area contributed by atoms with E-state index in [1.165, 1.54) is 0 Å². The molecular formula is C26H31BrN2O4. The van der Waals surface area contributed by atoms with Gasteiger partial charge in [-0.2, -0.15) is 0 Å². The van der Waals surface area contributed by atoms with Gasteiger partial charge in [0, 0.05) is 30.0 Å². The average Bonchev–Trinajstić information content (AvgIpc) is 3.24. The number of nitrogens with zero attached hydrogens (tertiary/aromatic N) is 2. The van der Waals surface area contributed by atoms with Crippen molar-refractivity contribution < 1.29 is 19.1 Å². The van der Waals surface area contributed by atoms with Gasteiger partial charge in [-0.05, 0) is 38.0 Å². The van der Waals surface area contributed by atoms with Crippen molar-refractivity contribution in [3.05, 3.63) is 70.2 Å². The third-order valence-corrected chi connectivity index (χ3v) is 6.91. The van der Waals surface area contributed by atoms with Gasteiger partial charge in [-0.25, -0.2) is 4.79 Å². The number of benzene rings is 2. The first-order valence-corrected chi connectivity index (χ1v) is 12.2. The summed E-state index contributed by atoms with van der Waals surface area (Å²) >= 11 is 3.65. The summed E-state index contributed by atoms with van der Waals surface area (Å²) < 4.78 is 12.3. The van der Waals surface area contributed by atoms with E-state index in [-0.39, 0.29) is 29.9 Å². The van der Waals surface area contributed by atoms with E-state index in [0.29, 0.717) is 32.8 Å². The Bertz CT molecular complexity index is 991. The van der Waals surface area contributed by atoms with Crippen LogP contribution in [0.4, 0.5) is 4.79 Å². The number of halogens is 1. The molecule has 0 N–H and O–H groups in total. The summed E-state index contributed by atoms with van der Waals surface area (Å²) in [5.41, 5.74) is 1.50. The first-order chi connectivity index (χ1) is 15.7. The molecule has 0 unspecified atom stereocenters. The van der Waals surface area contributed by atoms with Gasteiger partial charge < -0.3 is 19.3 Å². The summed E-state index contributed by atoms with van der Waals surface area (Å²) in [6.07, 6.45) is -0.378. The van der Waals surface area contributed by atoms with Gasteiger partial charge in [0.1, 0.15) is 5.60 Å². The quantitative estimate of drug-likeness (QED) is 0.578. The molecule has 0 aromatic heterocycles. The number of rotatable bonds is 3. The predicted octanol–water partition coefficient (Wildman–Crippen LogP) is 5.00. The van der Waals surface area contributed by atoms with Crippen LogP contribution in [0.5, 0.6) is 0 Å². The Morgan fingerprint density at radius 3 is 2.42 bits per heavy atom. The molecule has 6 nitrogen and oxygen atoms in total. The topological polar surface area (TPSA) is 59.1 Å². The lowest BCUT2D eigenvalue weighted by Gasteiger charge is -2.38. The maximum atomic E-state index is 14.0. The van der Waals surface area contributed by atoms with E-state index in [0.717, 1.165) is 15.6 Å². The molecule has 2 aromatic rings. The Kier molecular flexibility index (Phi) is 7.10.